The van der Waals surface area contributed by atoms with E-state index in [1.165, 1.54) is 117 Å². The second-order valence-electron chi connectivity index (χ2n) is 33.1. The number of amides is 1. The Bertz CT molecular complexity index is 6700. The molecule has 0 radical (unpaired) electrons. The molecule has 770 valence electrons. The Hall–Kier alpha value is -15.3. The number of carbonyl (C=O) groups excluding carboxylic acids is 1. The van der Waals surface area contributed by atoms with E-state index in [1.807, 2.05) is 83.1 Å². The van der Waals surface area contributed by atoms with E-state index in [-0.39, 0.29) is 159 Å². The summed E-state index contributed by atoms with van der Waals surface area (Å²) in [5.41, 5.74) is 44.2. The summed E-state index contributed by atoms with van der Waals surface area (Å²) in [6.07, 6.45) is 5.19. The van der Waals surface area contributed by atoms with Gasteiger partial charge in [-0.05, 0) is 139 Å². The molecule has 1 amide bonds. The number of nitrogens with zero attached hydrogens (tertiary/aromatic N) is 12. The third-order valence-corrected chi connectivity index (χ3v) is 23.9. The molecule has 0 aliphatic heterocycles. The quantitative estimate of drug-likeness (QED) is 0.0200. The molecule has 0 fully saturated rings. The van der Waals surface area contributed by atoms with E-state index in [9.17, 15) is 53.1 Å². The molecule has 12 rings (SSSR count). The highest BCUT2D eigenvalue weighted by molar-refractivity contribution is 7.91. The molecule has 0 saturated carbocycles. The summed E-state index contributed by atoms with van der Waals surface area (Å²) < 4.78 is 180. The molecule has 143 heavy (non-hydrogen) atoms. The van der Waals surface area contributed by atoms with Crippen molar-refractivity contribution in [3.8, 4) is 103 Å². The SMILES string of the molecule is CNS(=O)(=O)c1cc(Oc2cnc(C)nc2N)c(C(C)C)cc1OC.COc1cc(C(C)C)c(Oc2cnc(C)nc2N)cc1C(=O)O.COc1cc(C(C)C)c(Oc2cnc(C)nc2N)cc1C(F)(F)F.COc1cc(C(C)C)c(Oc2cnc(C)nc2N)cc1C(N)=O.COc1cc(C(C)C)c(Oc2cnc(C)nc2N)cc1S(C)(=O)=O.COc1cc(C(C)C)c(Oc2cnc(C)nc2N)cc1S(N)(=O)=O. The van der Waals surface area contributed by atoms with Gasteiger partial charge in [-0.15, -0.1) is 0 Å². The molecule has 6 heterocycles. The number of anilines is 6. The Balaban J connectivity index is 0.000000233. The number of primary amides is 1. The summed E-state index contributed by atoms with van der Waals surface area (Å²) in [7, 11) is -1.54. The van der Waals surface area contributed by atoms with Gasteiger partial charge in [0.2, 0.25) is 20.0 Å². The summed E-state index contributed by atoms with van der Waals surface area (Å²) >= 11 is 0. The second kappa shape index (κ2) is 49.2. The highest BCUT2D eigenvalue weighted by Crippen LogP contribution is 2.48. The number of aromatic nitrogens is 12. The zero-order chi connectivity index (χ0) is 107. The smallest absolute Gasteiger partial charge is 0.420 e. The van der Waals surface area contributed by atoms with Crippen molar-refractivity contribution in [3.05, 3.63) is 195 Å². The van der Waals surface area contributed by atoms with Crippen molar-refractivity contribution in [2.45, 2.75) is 181 Å². The number of sulfone groups is 1. The minimum atomic E-state index is -4.58. The largest absolute Gasteiger partial charge is 0.496 e. The number of carboxylic acids is 1. The van der Waals surface area contributed by atoms with Crippen molar-refractivity contribution < 1.29 is 110 Å². The van der Waals surface area contributed by atoms with E-state index in [0.29, 0.717) is 80.8 Å². The fourth-order valence-electron chi connectivity index (χ4n) is 13.1. The second-order valence-corrected chi connectivity index (χ2v) is 38.5. The van der Waals surface area contributed by atoms with Crippen LogP contribution in [0, 0.1) is 41.5 Å². The molecule has 0 saturated heterocycles. The van der Waals surface area contributed by atoms with Crippen molar-refractivity contribution >= 4 is 76.7 Å². The summed E-state index contributed by atoms with van der Waals surface area (Å²) in [6.45, 7) is 33.6. The van der Waals surface area contributed by atoms with Crippen molar-refractivity contribution in [1.82, 2.24) is 64.5 Å². The first kappa shape index (κ1) is 115. The molecular weight excluding hydrogens is 1920 g/mol. The fraction of sp³-hybridized carbons (Fsp3) is 0.347. The lowest BCUT2D eigenvalue weighted by molar-refractivity contribution is -0.138. The summed E-state index contributed by atoms with van der Waals surface area (Å²) in [5.74, 6) is 7.13. The number of benzene rings is 6. The number of halogens is 3. The highest BCUT2D eigenvalue weighted by Gasteiger charge is 2.37. The number of rotatable bonds is 30. The molecule has 48 heteroatoms. The van der Waals surface area contributed by atoms with E-state index in [0.717, 1.165) is 40.1 Å². The molecule has 0 unspecified atom stereocenters. The van der Waals surface area contributed by atoms with Crippen LogP contribution in [-0.4, -0.2) is 158 Å². The molecule has 12 aromatic rings. The number of aryl methyl sites for hydroxylation is 6. The molecule has 0 aliphatic carbocycles. The van der Waals surface area contributed by atoms with Gasteiger partial charge in [0.15, 0.2) is 79.2 Å². The Morgan fingerprint density at radius 2 is 0.545 bits per heavy atom. The zero-order valence-corrected chi connectivity index (χ0v) is 86.3. The van der Waals surface area contributed by atoms with Crippen LogP contribution in [0.3, 0.4) is 0 Å². The van der Waals surface area contributed by atoms with Crippen LogP contribution in [0.5, 0.6) is 103 Å². The number of nitrogens with one attached hydrogen (secondary N) is 1. The first-order valence-electron chi connectivity index (χ1n) is 43.4. The molecule has 0 spiro atoms. The molecule has 0 atom stereocenters. The molecule has 42 nitrogen and oxygen atoms in total. The number of hydrogen-bond acceptors (Lipinski definition) is 38. The standard InChI is InChI=1S/C16H18F3N3O2.C16H22N4O4S.C16H20N4O3.C16H21N3O4S.C16H19N3O4.C15H20N4O4S/c1-8(2)10-5-13(23-4)11(16(17,18)19)6-12(10)24-14-7-21-9(3)22-15(14)20;1-9(2)11-6-13(23-5)15(25(21,22)18-4)7-12(11)24-14-8-19-10(3)20-16(14)17;1-8(2)10-5-12(22-4)11(16(18)21)6-13(10)23-14-7-19-9(3)20-15(14)17;1-9(2)11-6-13(22-4)15(24(5,20)21)7-12(11)23-14-8-18-10(3)19-16(14)17;1-8(2)10-5-12(22-4)11(16(20)21)6-13(10)23-14-7-18-9(3)19-15(14)17;1-8(2)10-5-12(22-4)14(24(17,20)21)6-11(10)23-13-7-18-9(3)19-15(13)16/h5-8H,1-4H3,(H2,20,21,22);6-9,18H,1-5H3,(H2,17,19,20);5-8H,1-4H3,(H2,18,21)(H2,17,19,20);6-9H,1-5H3,(H2,17,18,19);5-8H,1-4H3,(H,20,21)(H2,17,18,19);5-8H,1-4H3,(H2,16,18,19)(H2,17,20,21). The van der Waals surface area contributed by atoms with Crippen LogP contribution < -0.4 is 107 Å². The maximum Gasteiger partial charge on any atom is 0.420 e. The summed E-state index contributed by atoms with van der Waals surface area (Å²) in [6, 6.07) is 17.7. The Labute approximate surface area is 827 Å². The van der Waals surface area contributed by atoms with Crippen LogP contribution in [0.2, 0.25) is 0 Å². The van der Waals surface area contributed by atoms with Crippen LogP contribution in [0.4, 0.5) is 48.1 Å². The molecule has 6 aromatic carbocycles. The van der Waals surface area contributed by atoms with Crippen LogP contribution >= 0.6 is 0 Å². The van der Waals surface area contributed by atoms with Gasteiger partial charge in [-0.3, -0.25) is 4.79 Å². The van der Waals surface area contributed by atoms with Gasteiger partial charge in [-0.2, -0.15) is 13.2 Å². The van der Waals surface area contributed by atoms with Crippen molar-refractivity contribution in [3.63, 3.8) is 0 Å². The van der Waals surface area contributed by atoms with E-state index < -0.39 is 53.5 Å². The minimum absolute atomic E-state index is 0.0125. The van der Waals surface area contributed by atoms with Crippen LogP contribution in [-0.2, 0) is 36.1 Å². The van der Waals surface area contributed by atoms with E-state index in [4.69, 9.17) is 102 Å². The number of aromatic carboxylic acids is 1. The number of nitrogens with two attached hydrogens (primary N) is 8. The lowest BCUT2D eigenvalue weighted by Crippen LogP contribution is -2.19. The molecular formula is C95H120F3N21O21S3. The predicted molar refractivity (Wildman–Crippen MR) is 531 cm³/mol. The summed E-state index contributed by atoms with van der Waals surface area (Å²) in [4.78, 5) is 71.2. The van der Waals surface area contributed by atoms with Crippen molar-refractivity contribution in [2.24, 2.45) is 10.9 Å². The van der Waals surface area contributed by atoms with Gasteiger partial charge < -0.3 is 102 Å². The average molecular weight is 2050 g/mol. The highest BCUT2D eigenvalue weighted by atomic mass is 32.2. The van der Waals surface area contributed by atoms with E-state index in [1.54, 1.807) is 77.9 Å². The third-order valence-electron chi connectivity index (χ3n) is 20.4. The minimum Gasteiger partial charge on any atom is -0.496 e. The number of carbonyl (C=O) groups is 2. The Kier molecular flexibility index (Phi) is 39.5. The van der Waals surface area contributed by atoms with Gasteiger partial charge in [0.1, 0.15) is 130 Å². The molecule has 18 N–H and O–H groups in total. The predicted octanol–water partition coefficient (Wildman–Crippen LogP) is 16.5. The van der Waals surface area contributed by atoms with Gasteiger partial charge in [0, 0.05) is 57.8 Å². The number of ether oxygens (including phenoxy) is 12. The number of primary sulfonamides is 1. The van der Waals surface area contributed by atoms with E-state index in [2.05, 4.69) is 64.5 Å². The monoisotopic (exact) mass is 2040 g/mol. The lowest BCUT2D eigenvalue weighted by atomic mass is 9.99. The number of hydrogen-bond donors (Lipinski definition) is 10. The summed E-state index contributed by atoms with van der Waals surface area (Å²) in [5, 5.41) is 14.6. The van der Waals surface area contributed by atoms with Gasteiger partial charge >= 0.3 is 12.1 Å². The van der Waals surface area contributed by atoms with Crippen LogP contribution in [0.1, 0.15) is 213 Å². The van der Waals surface area contributed by atoms with Crippen molar-refractivity contribution in [2.75, 3.05) is 90.4 Å². The molecule has 6 aromatic heterocycles. The Morgan fingerprint density at radius 3 is 0.769 bits per heavy atom. The Morgan fingerprint density at radius 1 is 0.329 bits per heavy atom. The van der Waals surface area contributed by atoms with Gasteiger partial charge in [0.05, 0.1) is 85.4 Å². The van der Waals surface area contributed by atoms with E-state index >= 15 is 0 Å². The zero-order valence-electron chi connectivity index (χ0n) is 83.8. The number of methoxy groups -OCH3 is 6. The first-order chi connectivity index (χ1) is 66.7. The number of carboxylic acid groups (broad SMARTS) is 1. The van der Waals surface area contributed by atoms with Gasteiger partial charge in [-0.25, -0.2) is 99.7 Å². The maximum absolute atomic E-state index is 13.2. The molecule has 0 bridgehead atoms. The first-order valence-corrected chi connectivity index (χ1v) is 48.4. The number of alkyl halides is 3. The maximum atomic E-state index is 13.2. The fourth-order valence-corrected chi connectivity index (χ4v) is 15.5. The molecule has 0 aliphatic rings. The lowest BCUT2D eigenvalue weighted by Gasteiger charge is -2.19. The van der Waals surface area contributed by atoms with Crippen LogP contribution in [0.15, 0.2) is 125 Å². The average Bonchev–Trinajstić information content (AvgIpc) is 0.734. The topological polar surface area (TPSA) is 642 Å². The third kappa shape index (κ3) is 30.6. The van der Waals surface area contributed by atoms with Crippen molar-refractivity contribution in [1.29, 1.82) is 0 Å². The van der Waals surface area contributed by atoms with Gasteiger partial charge in [0.25, 0.3) is 5.91 Å². The number of nitrogen functional groups attached to an aromatic ring is 6. The normalized spacial score (nSPS) is 11.3. The number of sulfonamides is 2. The van der Waals surface area contributed by atoms with Crippen LogP contribution in [0.25, 0.3) is 0 Å². The van der Waals surface area contributed by atoms with Gasteiger partial charge in [-0.1, -0.05) is 83.1 Å².